The van der Waals surface area contributed by atoms with Gasteiger partial charge in [0.2, 0.25) is 0 Å². The molecule has 0 fully saturated rings. The molecule has 3 nitrogen and oxygen atoms in total. The van der Waals surface area contributed by atoms with Crippen molar-refractivity contribution >= 4 is 11.0 Å². The monoisotopic (exact) mass is 265 g/mol. The Morgan fingerprint density at radius 3 is 2.55 bits per heavy atom. The van der Waals surface area contributed by atoms with Crippen LogP contribution < -0.4 is 5.73 Å². The molecular formula is C17H19N3. The normalized spacial score (nSPS) is 11.2. The first-order chi connectivity index (χ1) is 9.61. The summed E-state index contributed by atoms with van der Waals surface area (Å²) in [4.78, 5) is 4.54. The lowest BCUT2D eigenvalue weighted by Gasteiger charge is -2.13. The van der Waals surface area contributed by atoms with Crippen molar-refractivity contribution in [3.63, 3.8) is 0 Å². The van der Waals surface area contributed by atoms with Crippen LogP contribution in [0, 0.1) is 20.8 Å². The summed E-state index contributed by atoms with van der Waals surface area (Å²) < 4.78 is 2.15. The minimum atomic E-state index is 0.529. The van der Waals surface area contributed by atoms with Gasteiger partial charge >= 0.3 is 0 Å². The molecule has 1 aromatic heterocycles. The average Bonchev–Trinajstić information content (AvgIpc) is 2.81. The van der Waals surface area contributed by atoms with Crippen molar-refractivity contribution in [3.8, 4) is 5.69 Å². The summed E-state index contributed by atoms with van der Waals surface area (Å²) in [7, 11) is 0. The molecule has 102 valence electrons. The van der Waals surface area contributed by atoms with Crippen LogP contribution in [0.15, 0.2) is 36.7 Å². The van der Waals surface area contributed by atoms with Crippen LogP contribution >= 0.6 is 0 Å². The fraction of sp³-hybridized carbons (Fsp3) is 0.235. The minimum absolute atomic E-state index is 0.529. The van der Waals surface area contributed by atoms with Gasteiger partial charge in [0.1, 0.15) is 6.33 Å². The third kappa shape index (κ3) is 1.91. The van der Waals surface area contributed by atoms with Crippen molar-refractivity contribution in [2.24, 2.45) is 5.73 Å². The van der Waals surface area contributed by atoms with Gasteiger partial charge in [-0.15, -0.1) is 0 Å². The molecular weight excluding hydrogens is 246 g/mol. The minimum Gasteiger partial charge on any atom is -0.326 e. The lowest BCUT2D eigenvalue weighted by molar-refractivity contribution is 0.988. The van der Waals surface area contributed by atoms with E-state index in [9.17, 15) is 0 Å². The number of fused-ring (bicyclic) bond motifs is 1. The Kier molecular flexibility index (Phi) is 3.07. The van der Waals surface area contributed by atoms with Gasteiger partial charge in [-0.25, -0.2) is 4.98 Å². The molecule has 0 amide bonds. The van der Waals surface area contributed by atoms with E-state index in [0.29, 0.717) is 6.54 Å². The first-order valence-electron chi connectivity index (χ1n) is 6.85. The van der Waals surface area contributed by atoms with E-state index in [4.69, 9.17) is 5.73 Å². The Morgan fingerprint density at radius 1 is 1.05 bits per heavy atom. The van der Waals surface area contributed by atoms with Crippen LogP contribution in [0.1, 0.15) is 22.3 Å². The van der Waals surface area contributed by atoms with Gasteiger partial charge < -0.3 is 5.73 Å². The zero-order chi connectivity index (χ0) is 14.3. The first kappa shape index (κ1) is 12.9. The van der Waals surface area contributed by atoms with Gasteiger partial charge in [0, 0.05) is 6.54 Å². The van der Waals surface area contributed by atoms with Crippen LogP contribution in [0.3, 0.4) is 0 Å². The van der Waals surface area contributed by atoms with Crippen LogP contribution in [0.25, 0.3) is 16.7 Å². The Hall–Kier alpha value is -2.13. The number of rotatable bonds is 2. The molecule has 0 saturated heterocycles. The Morgan fingerprint density at radius 2 is 1.80 bits per heavy atom. The topological polar surface area (TPSA) is 43.8 Å². The van der Waals surface area contributed by atoms with E-state index in [1.165, 1.54) is 16.7 Å². The van der Waals surface area contributed by atoms with Gasteiger partial charge in [-0.3, -0.25) is 4.57 Å². The Labute approximate surface area is 119 Å². The second kappa shape index (κ2) is 4.76. The summed E-state index contributed by atoms with van der Waals surface area (Å²) >= 11 is 0. The van der Waals surface area contributed by atoms with Crippen molar-refractivity contribution in [3.05, 3.63) is 58.9 Å². The van der Waals surface area contributed by atoms with Crippen LogP contribution in [0.5, 0.6) is 0 Å². The van der Waals surface area contributed by atoms with E-state index < -0.39 is 0 Å². The molecule has 2 aromatic carbocycles. The molecule has 2 N–H and O–H groups in total. The maximum absolute atomic E-state index is 5.89. The summed E-state index contributed by atoms with van der Waals surface area (Å²) in [5, 5.41) is 0. The molecule has 0 aliphatic carbocycles. The fourth-order valence-electron chi connectivity index (χ4n) is 2.67. The highest BCUT2D eigenvalue weighted by Crippen LogP contribution is 2.26. The number of hydrogen-bond acceptors (Lipinski definition) is 2. The molecule has 0 radical (unpaired) electrons. The highest BCUT2D eigenvalue weighted by molar-refractivity contribution is 5.80. The molecule has 0 unspecified atom stereocenters. The van der Waals surface area contributed by atoms with Crippen molar-refractivity contribution in [1.29, 1.82) is 0 Å². The number of aryl methyl sites for hydroxylation is 3. The average molecular weight is 265 g/mol. The fourth-order valence-corrected chi connectivity index (χ4v) is 2.67. The molecule has 0 spiro atoms. The highest BCUT2D eigenvalue weighted by Gasteiger charge is 2.11. The van der Waals surface area contributed by atoms with Crippen LogP contribution in [0.2, 0.25) is 0 Å². The molecule has 0 saturated carbocycles. The standard InChI is InChI=1S/C17H19N3/c1-11-5-4-6-14(9-18)17(11)20-10-19-15-7-12(2)13(3)8-16(15)20/h4-8,10H,9,18H2,1-3H3. The third-order valence-electron chi connectivity index (χ3n) is 3.94. The van der Waals surface area contributed by atoms with Gasteiger partial charge in [0.25, 0.3) is 0 Å². The van der Waals surface area contributed by atoms with Crippen LogP contribution in [-0.2, 0) is 6.54 Å². The van der Waals surface area contributed by atoms with Crippen LogP contribution in [0.4, 0.5) is 0 Å². The molecule has 0 atom stereocenters. The lowest BCUT2D eigenvalue weighted by Crippen LogP contribution is -2.05. The quantitative estimate of drug-likeness (QED) is 0.771. The van der Waals surface area contributed by atoms with E-state index in [2.05, 4.69) is 60.7 Å². The van der Waals surface area contributed by atoms with Crippen LogP contribution in [-0.4, -0.2) is 9.55 Å². The molecule has 1 heterocycles. The van der Waals surface area contributed by atoms with Gasteiger partial charge in [0.05, 0.1) is 16.7 Å². The van der Waals surface area contributed by atoms with Crippen molar-refractivity contribution in [2.75, 3.05) is 0 Å². The number of aromatic nitrogens is 2. The van der Waals surface area contributed by atoms with Gasteiger partial charge in [-0.05, 0) is 55.2 Å². The maximum Gasteiger partial charge on any atom is 0.100 e. The predicted molar refractivity (Wildman–Crippen MR) is 83.2 cm³/mol. The Balaban J connectivity index is 2.33. The second-order valence-electron chi connectivity index (χ2n) is 5.33. The first-order valence-corrected chi connectivity index (χ1v) is 6.85. The van der Waals surface area contributed by atoms with Gasteiger partial charge in [0.15, 0.2) is 0 Å². The number of benzene rings is 2. The van der Waals surface area contributed by atoms with E-state index in [-0.39, 0.29) is 0 Å². The second-order valence-corrected chi connectivity index (χ2v) is 5.33. The van der Waals surface area contributed by atoms with Crippen molar-refractivity contribution in [2.45, 2.75) is 27.3 Å². The highest BCUT2D eigenvalue weighted by atomic mass is 15.1. The van der Waals surface area contributed by atoms with Crippen molar-refractivity contribution in [1.82, 2.24) is 9.55 Å². The Bertz CT molecular complexity index is 784. The number of nitrogens with zero attached hydrogens (tertiary/aromatic N) is 2. The van der Waals surface area contributed by atoms with Gasteiger partial charge in [-0.1, -0.05) is 18.2 Å². The molecule has 3 heteroatoms. The number of para-hydroxylation sites is 1. The maximum atomic E-state index is 5.89. The largest absolute Gasteiger partial charge is 0.326 e. The number of nitrogens with two attached hydrogens (primary N) is 1. The van der Waals surface area contributed by atoms with Crippen molar-refractivity contribution < 1.29 is 0 Å². The van der Waals surface area contributed by atoms with E-state index in [1.807, 2.05) is 6.33 Å². The zero-order valence-electron chi connectivity index (χ0n) is 12.1. The van der Waals surface area contributed by atoms with E-state index in [0.717, 1.165) is 22.3 Å². The SMILES string of the molecule is Cc1cc2ncn(-c3c(C)cccc3CN)c2cc1C. The molecule has 3 aromatic rings. The molecule has 0 aliphatic heterocycles. The lowest BCUT2D eigenvalue weighted by atomic mass is 10.1. The van der Waals surface area contributed by atoms with Gasteiger partial charge in [-0.2, -0.15) is 0 Å². The molecule has 0 aliphatic rings. The molecule has 3 rings (SSSR count). The predicted octanol–water partition coefficient (Wildman–Crippen LogP) is 3.41. The van der Waals surface area contributed by atoms with E-state index in [1.54, 1.807) is 0 Å². The summed E-state index contributed by atoms with van der Waals surface area (Å²) in [5.41, 5.74) is 14.1. The molecule has 20 heavy (non-hydrogen) atoms. The molecule has 0 bridgehead atoms. The summed E-state index contributed by atoms with van der Waals surface area (Å²) in [6, 6.07) is 10.6. The van der Waals surface area contributed by atoms with E-state index >= 15 is 0 Å². The summed E-state index contributed by atoms with van der Waals surface area (Å²) in [5.74, 6) is 0. The summed E-state index contributed by atoms with van der Waals surface area (Å²) in [6.45, 7) is 6.89. The summed E-state index contributed by atoms with van der Waals surface area (Å²) in [6.07, 6.45) is 1.89. The number of hydrogen-bond donors (Lipinski definition) is 1. The third-order valence-corrected chi connectivity index (χ3v) is 3.94. The zero-order valence-corrected chi connectivity index (χ0v) is 12.1. The number of imidazole rings is 1. The smallest absolute Gasteiger partial charge is 0.100 e.